The highest BCUT2D eigenvalue weighted by molar-refractivity contribution is 5.75. The Bertz CT molecular complexity index is 425. The first-order valence-electron chi connectivity index (χ1n) is 6.23. The zero-order valence-electron chi connectivity index (χ0n) is 10.6. The number of carboxylic acids is 1. The molecule has 0 amide bonds. The maximum absolute atomic E-state index is 11.6. The van der Waals surface area contributed by atoms with Gasteiger partial charge in [-0.25, -0.2) is 0 Å². The van der Waals surface area contributed by atoms with Gasteiger partial charge in [0.25, 0.3) is 0 Å². The molecule has 1 fully saturated rings. The molecule has 0 atom stereocenters. The number of nitrogens with one attached hydrogen (secondary N) is 1. The van der Waals surface area contributed by atoms with Gasteiger partial charge in [0, 0.05) is 0 Å². The number of hydrogen-bond donors (Lipinski definition) is 2. The number of carbonyl (C=O) groups is 1. The van der Waals surface area contributed by atoms with Crippen LogP contribution in [0.3, 0.4) is 0 Å². The molecule has 0 unspecified atom stereocenters. The lowest BCUT2D eigenvalue weighted by Gasteiger charge is -2.33. The molecule has 0 radical (unpaired) electrons. The Kier molecular flexibility index (Phi) is 3.87. The van der Waals surface area contributed by atoms with Crippen LogP contribution >= 0.6 is 0 Å². The Morgan fingerprint density at radius 1 is 1.44 bits per heavy atom. The number of benzene rings is 1. The van der Waals surface area contributed by atoms with Crippen LogP contribution in [-0.4, -0.2) is 31.3 Å². The van der Waals surface area contributed by atoms with Crippen molar-refractivity contribution in [3.63, 3.8) is 0 Å². The SMILES string of the molecule is COc1cccc(CC2(C(=O)O)CCNCC2)c1. The second kappa shape index (κ2) is 5.40. The molecule has 1 aromatic carbocycles. The van der Waals surface area contributed by atoms with Crippen LogP contribution in [0.4, 0.5) is 0 Å². The van der Waals surface area contributed by atoms with E-state index in [1.165, 1.54) is 0 Å². The molecule has 0 spiro atoms. The number of piperidine rings is 1. The average molecular weight is 249 g/mol. The molecule has 98 valence electrons. The quantitative estimate of drug-likeness (QED) is 0.852. The smallest absolute Gasteiger partial charge is 0.310 e. The van der Waals surface area contributed by atoms with E-state index in [9.17, 15) is 9.90 Å². The average Bonchev–Trinajstić information content (AvgIpc) is 2.40. The van der Waals surface area contributed by atoms with E-state index in [1.807, 2.05) is 24.3 Å². The fraction of sp³-hybridized carbons (Fsp3) is 0.500. The minimum absolute atomic E-state index is 0.571. The first-order valence-corrected chi connectivity index (χ1v) is 6.23. The molecule has 4 heteroatoms. The van der Waals surface area contributed by atoms with Gasteiger partial charge < -0.3 is 15.2 Å². The molecule has 1 aliphatic rings. The van der Waals surface area contributed by atoms with Crippen LogP contribution in [0.2, 0.25) is 0 Å². The normalized spacial score (nSPS) is 18.3. The summed E-state index contributed by atoms with van der Waals surface area (Å²) in [4.78, 5) is 11.6. The summed E-state index contributed by atoms with van der Waals surface area (Å²) in [5, 5.41) is 12.7. The maximum Gasteiger partial charge on any atom is 0.310 e. The highest BCUT2D eigenvalue weighted by Gasteiger charge is 2.39. The summed E-state index contributed by atoms with van der Waals surface area (Å²) in [6, 6.07) is 7.67. The van der Waals surface area contributed by atoms with Crippen molar-refractivity contribution < 1.29 is 14.6 Å². The highest BCUT2D eigenvalue weighted by atomic mass is 16.5. The van der Waals surface area contributed by atoms with Crippen LogP contribution in [0, 0.1) is 5.41 Å². The Hall–Kier alpha value is -1.55. The van der Waals surface area contributed by atoms with Gasteiger partial charge >= 0.3 is 5.97 Å². The Morgan fingerprint density at radius 3 is 2.78 bits per heavy atom. The van der Waals surface area contributed by atoms with Crippen molar-refractivity contribution in [1.29, 1.82) is 0 Å². The van der Waals surface area contributed by atoms with E-state index in [2.05, 4.69) is 5.32 Å². The number of hydrogen-bond acceptors (Lipinski definition) is 3. The molecule has 4 nitrogen and oxygen atoms in total. The number of methoxy groups -OCH3 is 1. The first kappa shape index (κ1) is 12.9. The number of carboxylic acid groups (broad SMARTS) is 1. The third-order valence-electron chi connectivity index (χ3n) is 3.69. The molecule has 18 heavy (non-hydrogen) atoms. The maximum atomic E-state index is 11.6. The van der Waals surface area contributed by atoms with Crippen LogP contribution in [0.15, 0.2) is 24.3 Å². The minimum atomic E-state index is -0.688. The lowest BCUT2D eigenvalue weighted by atomic mass is 9.74. The Labute approximate surface area is 107 Å². The molecule has 0 aromatic heterocycles. The van der Waals surface area contributed by atoms with Crippen LogP contribution < -0.4 is 10.1 Å². The second-order valence-electron chi connectivity index (χ2n) is 4.86. The predicted octanol–water partition coefficient (Wildman–Crippen LogP) is 1.69. The van der Waals surface area contributed by atoms with Crippen molar-refractivity contribution in [3.05, 3.63) is 29.8 Å². The summed E-state index contributed by atoms with van der Waals surface area (Å²) in [5.74, 6) is 0.0915. The van der Waals surface area contributed by atoms with Crippen molar-refractivity contribution in [2.75, 3.05) is 20.2 Å². The van der Waals surface area contributed by atoms with Crippen molar-refractivity contribution in [3.8, 4) is 5.75 Å². The van der Waals surface area contributed by atoms with Gasteiger partial charge in [0.05, 0.1) is 12.5 Å². The van der Waals surface area contributed by atoms with Gasteiger partial charge in [0.1, 0.15) is 5.75 Å². The van der Waals surface area contributed by atoms with Crippen molar-refractivity contribution in [2.45, 2.75) is 19.3 Å². The van der Waals surface area contributed by atoms with Gasteiger partial charge in [-0.15, -0.1) is 0 Å². The van der Waals surface area contributed by atoms with E-state index in [0.29, 0.717) is 19.3 Å². The standard InChI is InChI=1S/C14H19NO3/c1-18-12-4-2-3-11(9-12)10-14(13(16)17)5-7-15-8-6-14/h2-4,9,15H,5-8,10H2,1H3,(H,16,17). The third-order valence-corrected chi connectivity index (χ3v) is 3.69. The Balaban J connectivity index is 2.20. The molecule has 0 aliphatic carbocycles. The number of ether oxygens (including phenoxy) is 1. The van der Waals surface area contributed by atoms with E-state index >= 15 is 0 Å². The fourth-order valence-corrected chi connectivity index (χ4v) is 2.54. The zero-order chi connectivity index (χ0) is 13.0. The fourth-order valence-electron chi connectivity index (χ4n) is 2.54. The molecule has 0 saturated carbocycles. The van der Waals surface area contributed by atoms with E-state index in [0.717, 1.165) is 24.4 Å². The summed E-state index contributed by atoms with van der Waals surface area (Å²) in [6.07, 6.45) is 1.93. The van der Waals surface area contributed by atoms with Gasteiger partial charge in [0.2, 0.25) is 0 Å². The van der Waals surface area contributed by atoms with Gasteiger partial charge in [-0.05, 0) is 50.0 Å². The van der Waals surface area contributed by atoms with Gasteiger partial charge in [-0.2, -0.15) is 0 Å². The molecule has 2 N–H and O–H groups in total. The van der Waals surface area contributed by atoms with Crippen molar-refractivity contribution in [2.24, 2.45) is 5.41 Å². The molecule has 2 rings (SSSR count). The number of aliphatic carboxylic acids is 1. The van der Waals surface area contributed by atoms with Crippen LogP contribution in [-0.2, 0) is 11.2 Å². The summed E-state index contributed by atoms with van der Waals surface area (Å²) in [5.41, 5.74) is 0.399. The third kappa shape index (κ3) is 2.64. The number of rotatable bonds is 4. The van der Waals surface area contributed by atoms with E-state index < -0.39 is 11.4 Å². The molecular formula is C14H19NO3. The molecule has 1 aromatic rings. The summed E-state index contributed by atoms with van der Waals surface area (Å²) < 4.78 is 5.18. The van der Waals surface area contributed by atoms with Crippen LogP contribution in [0.5, 0.6) is 5.75 Å². The van der Waals surface area contributed by atoms with E-state index in [-0.39, 0.29) is 0 Å². The predicted molar refractivity (Wildman–Crippen MR) is 68.9 cm³/mol. The largest absolute Gasteiger partial charge is 0.497 e. The summed E-state index contributed by atoms with van der Waals surface area (Å²) in [7, 11) is 1.62. The van der Waals surface area contributed by atoms with Crippen LogP contribution in [0.1, 0.15) is 18.4 Å². The van der Waals surface area contributed by atoms with Crippen molar-refractivity contribution >= 4 is 5.97 Å². The highest BCUT2D eigenvalue weighted by Crippen LogP contribution is 2.34. The zero-order valence-corrected chi connectivity index (χ0v) is 10.6. The van der Waals surface area contributed by atoms with E-state index in [4.69, 9.17) is 4.74 Å². The van der Waals surface area contributed by atoms with Gasteiger partial charge in [-0.3, -0.25) is 4.79 Å². The molecule has 1 saturated heterocycles. The monoisotopic (exact) mass is 249 g/mol. The topological polar surface area (TPSA) is 58.6 Å². The molecule has 0 bridgehead atoms. The summed E-state index contributed by atoms with van der Waals surface area (Å²) >= 11 is 0. The summed E-state index contributed by atoms with van der Waals surface area (Å²) in [6.45, 7) is 1.55. The lowest BCUT2D eigenvalue weighted by molar-refractivity contribution is -0.150. The molecular weight excluding hydrogens is 230 g/mol. The first-order chi connectivity index (χ1) is 8.66. The Morgan fingerprint density at radius 2 is 2.17 bits per heavy atom. The van der Waals surface area contributed by atoms with Crippen molar-refractivity contribution in [1.82, 2.24) is 5.32 Å². The molecule has 1 aliphatic heterocycles. The second-order valence-corrected chi connectivity index (χ2v) is 4.86. The minimum Gasteiger partial charge on any atom is -0.497 e. The van der Waals surface area contributed by atoms with E-state index in [1.54, 1.807) is 7.11 Å². The van der Waals surface area contributed by atoms with Gasteiger partial charge in [0.15, 0.2) is 0 Å². The van der Waals surface area contributed by atoms with Crippen LogP contribution in [0.25, 0.3) is 0 Å². The lowest BCUT2D eigenvalue weighted by Crippen LogP contribution is -2.43. The molecule has 1 heterocycles. The van der Waals surface area contributed by atoms with Gasteiger partial charge in [-0.1, -0.05) is 12.1 Å².